The zero-order valence-electron chi connectivity index (χ0n) is 10.2. The Balaban J connectivity index is 2.97. The molecule has 1 aromatic carbocycles. The Morgan fingerprint density at radius 2 is 2.26 bits per heavy atom. The van der Waals surface area contributed by atoms with Crippen LogP contribution in [-0.4, -0.2) is 36.3 Å². The number of ether oxygens (including phenoxy) is 1. The largest absolute Gasteiger partial charge is 0.477 e. The van der Waals surface area contributed by atoms with E-state index in [2.05, 4.69) is 5.32 Å². The van der Waals surface area contributed by atoms with Crippen LogP contribution in [0.15, 0.2) is 12.1 Å². The second kappa shape index (κ2) is 6.64. The molecule has 0 atom stereocenters. The number of hydrogen-bond donors (Lipinski definition) is 2. The van der Waals surface area contributed by atoms with Crippen molar-refractivity contribution in [3.8, 4) is 0 Å². The highest BCUT2D eigenvalue weighted by molar-refractivity contribution is 5.93. The first-order valence-corrected chi connectivity index (χ1v) is 5.41. The predicted molar refractivity (Wildman–Crippen MR) is 65.0 cm³/mol. The Kier molecular flexibility index (Phi) is 5.19. The van der Waals surface area contributed by atoms with Crippen molar-refractivity contribution in [2.75, 3.05) is 25.6 Å². The monoisotopic (exact) mass is 272 g/mol. The van der Waals surface area contributed by atoms with E-state index in [4.69, 9.17) is 9.84 Å². The van der Waals surface area contributed by atoms with Crippen molar-refractivity contribution >= 4 is 17.3 Å². The summed E-state index contributed by atoms with van der Waals surface area (Å²) < 4.78 is 18.4. The first-order valence-electron chi connectivity index (χ1n) is 5.41. The van der Waals surface area contributed by atoms with E-state index in [1.807, 2.05) is 0 Å². The highest BCUT2D eigenvalue weighted by Crippen LogP contribution is 2.26. The SMILES string of the molecule is COCCCNc1cc(C(=O)O)c([N+](=O)[O-])cc1F. The second-order valence-corrected chi connectivity index (χ2v) is 3.68. The van der Waals surface area contributed by atoms with E-state index >= 15 is 0 Å². The van der Waals surface area contributed by atoms with Gasteiger partial charge in [-0.3, -0.25) is 10.1 Å². The maximum absolute atomic E-state index is 13.6. The number of hydrogen-bond acceptors (Lipinski definition) is 5. The van der Waals surface area contributed by atoms with Crippen molar-refractivity contribution in [3.05, 3.63) is 33.6 Å². The van der Waals surface area contributed by atoms with E-state index in [0.29, 0.717) is 25.6 Å². The van der Waals surface area contributed by atoms with Gasteiger partial charge in [0.2, 0.25) is 0 Å². The molecular formula is C11H13FN2O5. The lowest BCUT2D eigenvalue weighted by molar-refractivity contribution is -0.385. The quantitative estimate of drug-likeness (QED) is 0.446. The normalized spacial score (nSPS) is 10.2. The van der Waals surface area contributed by atoms with Gasteiger partial charge in [0.15, 0.2) is 5.82 Å². The van der Waals surface area contributed by atoms with E-state index in [1.54, 1.807) is 0 Å². The number of halogens is 1. The zero-order valence-corrected chi connectivity index (χ0v) is 10.2. The molecule has 0 aliphatic rings. The number of benzene rings is 1. The molecule has 0 heterocycles. The lowest BCUT2D eigenvalue weighted by Crippen LogP contribution is -2.09. The molecule has 1 aromatic rings. The Labute approximate surface area is 108 Å². The lowest BCUT2D eigenvalue weighted by atomic mass is 10.1. The number of carbonyl (C=O) groups is 1. The van der Waals surface area contributed by atoms with Gasteiger partial charge in [-0.05, 0) is 12.5 Å². The maximum Gasteiger partial charge on any atom is 0.342 e. The standard InChI is InChI=1S/C11H13FN2O5/c1-19-4-2-3-13-9-5-7(11(15)16)10(14(17)18)6-8(9)12/h5-6,13H,2-4H2,1H3,(H,15,16). The molecule has 0 aliphatic heterocycles. The summed E-state index contributed by atoms with van der Waals surface area (Å²) in [4.78, 5) is 20.6. The number of carboxylic acid groups (broad SMARTS) is 1. The van der Waals surface area contributed by atoms with Crippen LogP contribution in [0, 0.1) is 15.9 Å². The van der Waals surface area contributed by atoms with E-state index in [9.17, 15) is 19.3 Å². The summed E-state index contributed by atoms with van der Waals surface area (Å²) in [6.07, 6.45) is 0.593. The van der Waals surface area contributed by atoms with Crippen LogP contribution in [0.4, 0.5) is 15.8 Å². The minimum atomic E-state index is -1.48. The van der Waals surface area contributed by atoms with Gasteiger partial charge in [0.25, 0.3) is 5.69 Å². The zero-order chi connectivity index (χ0) is 14.4. The Morgan fingerprint density at radius 3 is 2.79 bits per heavy atom. The highest BCUT2D eigenvalue weighted by Gasteiger charge is 2.23. The fourth-order valence-corrected chi connectivity index (χ4v) is 1.46. The van der Waals surface area contributed by atoms with Crippen molar-refractivity contribution in [1.29, 1.82) is 0 Å². The molecule has 0 radical (unpaired) electrons. The number of rotatable bonds is 7. The summed E-state index contributed by atoms with van der Waals surface area (Å²) in [5.74, 6) is -2.35. The number of nitrogens with one attached hydrogen (secondary N) is 1. The number of carboxylic acids is 1. The van der Waals surface area contributed by atoms with Crippen LogP contribution < -0.4 is 5.32 Å². The van der Waals surface area contributed by atoms with Crippen molar-refractivity contribution in [2.24, 2.45) is 0 Å². The lowest BCUT2D eigenvalue weighted by Gasteiger charge is -2.08. The van der Waals surface area contributed by atoms with Crippen LogP contribution in [0.25, 0.3) is 0 Å². The van der Waals surface area contributed by atoms with E-state index < -0.39 is 28.0 Å². The third-order valence-electron chi connectivity index (χ3n) is 2.35. The van der Waals surface area contributed by atoms with E-state index in [0.717, 1.165) is 6.07 Å². The van der Waals surface area contributed by atoms with E-state index in [-0.39, 0.29) is 5.69 Å². The molecule has 0 saturated carbocycles. The van der Waals surface area contributed by atoms with Crippen LogP contribution in [0.3, 0.4) is 0 Å². The Bertz CT molecular complexity index is 492. The Hall–Kier alpha value is -2.22. The Morgan fingerprint density at radius 1 is 1.58 bits per heavy atom. The van der Waals surface area contributed by atoms with Gasteiger partial charge in [-0.25, -0.2) is 9.18 Å². The summed E-state index contributed by atoms with van der Waals surface area (Å²) in [7, 11) is 1.52. The van der Waals surface area contributed by atoms with E-state index in [1.165, 1.54) is 7.11 Å². The van der Waals surface area contributed by atoms with Crippen LogP contribution in [0.2, 0.25) is 0 Å². The smallest absolute Gasteiger partial charge is 0.342 e. The number of nitro benzene ring substituents is 1. The van der Waals surface area contributed by atoms with Crippen molar-refractivity contribution in [3.63, 3.8) is 0 Å². The van der Waals surface area contributed by atoms with Gasteiger partial charge < -0.3 is 15.2 Å². The molecule has 19 heavy (non-hydrogen) atoms. The molecular weight excluding hydrogens is 259 g/mol. The molecule has 0 aliphatic carbocycles. The van der Waals surface area contributed by atoms with Gasteiger partial charge in [-0.15, -0.1) is 0 Å². The molecule has 0 fully saturated rings. The summed E-state index contributed by atoms with van der Waals surface area (Å²) in [5.41, 5.74) is -1.41. The first-order chi connectivity index (χ1) is 8.97. The van der Waals surface area contributed by atoms with Gasteiger partial charge in [-0.1, -0.05) is 0 Å². The average Bonchev–Trinajstić information content (AvgIpc) is 2.35. The third kappa shape index (κ3) is 3.88. The molecule has 0 unspecified atom stereocenters. The molecule has 0 bridgehead atoms. The summed E-state index contributed by atoms with van der Waals surface area (Å²) in [5, 5.41) is 22.2. The molecule has 7 nitrogen and oxygen atoms in total. The van der Waals surface area contributed by atoms with Crippen molar-refractivity contribution in [1.82, 2.24) is 0 Å². The number of methoxy groups -OCH3 is 1. The van der Waals surface area contributed by atoms with Gasteiger partial charge in [0.05, 0.1) is 16.7 Å². The molecule has 1 rings (SSSR count). The summed E-state index contributed by atoms with van der Waals surface area (Å²) in [6, 6.07) is 1.52. The molecule has 0 aromatic heterocycles. The minimum absolute atomic E-state index is 0.0842. The number of nitro groups is 1. The molecule has 0 spiro atoms. The summed E-state index contributed by atoms with van der Waals surface area (Å²) >= 11 is 0. The predicted octanol–water partition coefficient (Wildman–Crippen LogP) is 1.88. The number of aromatic carboxylic acids is 1. The minimum Gasteiger partial charge on any atom is -0.477 e. The number of nitrogens with zero attached hydrogens (tertiary/aromatic N) is 1. The van der Waals surface area contributed by atoms with Crippen LogP contribution >= 0.6 is 0 Å². The third-order valence-corrected chi connectivity index (χ3v) is 2.35. The maximum atomic E-state index is 13.6. The van der Waals surface area contributed by atoms with Gasteiger partial charge in [0.1, 0.15) is 5.56 Å². The van der Waals surface area contributed by atoms with Gasteiger partial charge >= 0.3 is 5.97 Å². The molecule has 0 amide bonds. The molecule has 104 valence electrons. The number of anilines is 1. The van der Waals surface area contributed by atoms with Crippen LogP contribution in [-0.2, 0) is 4.74 Å². The fraction of sp³-hybridized carbons (Fsp3) is 0.364. The summed E-state index contributed by atoms with van der Waals surface area (Å²) in [6.45, 7) is 0.828. The van der Waals surface area contributed by atoms with Crippen molar-refractivity contribution < 1.29 is 24.0 Å². The first kappa shape index (κ1) is 14.8. The van der Waals surface area contributed by atoms with Crippen molar-refractivity contribution in [2.45, 2.75) is 6.42 Å². The topological polar surface area (TPSA) is 102 Å². The molecule has 0 saturated heterocycles. The van der Waals surface area contributed by atoms with Gasteiger partial charge in [0, 0.05) is 20.3 Å². The average molecular weight is 272 g/mol. The molecule has 2 N–H and O–H groups in total. The van der Waals surface area contributed by atoms with Gasteiger partial charge in [-0.2, -0.15) is 0 Å². The van der Waals surface area contributed by atoms with Crippen LogP contribution in [0.1, 0.15) is 16.8 Å². The second-order valence-electron chi connectivity index (χ2n) is 3.68. The highest BCUT2D eigenvalue weighted by atomic mass is 19.1. The van der Waals surface area contributed by atoms with Crippen LogP contribution in [0.5, 0.6) is 0 Å². The molecule has 8 heteroatoms. The fourth-order valence-electron chi connectivity index (χ4n) is 1.46.